The minimum absolute atomic E-state index is 0.530. The van der Waals surface area contributed by atoms with Crippen LogP contribution in [0.2, 0.25) is 0 Å². The molecular formula is C19H36N2. The first-order valence-corrected chi connectivity index (χ1v) is 9.61. The molecule has 1 saturated heterocycles. The zero-order chi connectivity index (χ0) is 14.9. The second-order valence-corrected chi connectivity index (χ2v) is 8.57. The van der Waals surface area contributed by atoms with Crippen molar-refractivity contribution in [2.24, 2.45) is 11.3 Å². The van der Waals surface area contributed by atoms with Gasteiger partial charge in [0.05, 0.1) is 0 Å². The van der Waals surface area contributed by atoms with E-state index in [4.69, 9.17) is 0 Å². The van der Waals surface area contributed by atoms with Gasteiger partial charge in [0.25, 0.3) is 0 Å². The van der Waals surface area contributed by atoms with Crippen LogP contribution in [0.25, 0.3) is 0 Å². The Morgan fingerprint density at radius 3 is 2.43 bits per heavy atom. The van der Waals surface area contributed by atoms with Gasteiger partial charge in [0.15, 0.2) is 0 Å². The summed E-state index contributed by atoms with van der Waals surface area (Å²) in [5.41, 5.74) is 0.530. The summed E-state index contributed by atoms with van der Waals surface area (Å²) >= 11 is 0. The van der Waals surface area contributed by atoms with Crippen molar-refractivity contribution in [3.8, 4) is 0 Å². The third-order valence-electron chi connectivity index (χ3n) is 6.78. The van der Waals surface area contributed by atoms with E-state index in [2.05, 4.69) is 31.0 Å². The highest BCUT2D eigenvalue weighted by Crippen LogP contribution is 2.42. The molecule has 3 fully saturated rings. The molecule has 1 heterocycles. The van der Waals surface area contributed by atoms with Gasteiger partial charge in [-0.1, -0.05) is 46.5 Å². The van der Waals surface area contributed by atoms with E-state index in [1.165, 1.54) is 70.9 Å². The zero-order valence-electron chi connectivity index (χ0n) is 14.5. The normalized spacial score (nSPS) is 38.7. The van der Waals surface area contributed by atoms with Gasteiger partial charge in [-0.3, -0.25) is 4.90 Å². The minimum atomic E-state index is 0.530. The molecule has 0 aromatic rings. The average Bonchev–Trinajstić information content (AvgIpc) is 2.87. The van der Waals surface area contributed by atoms with Gasteiger partial charge in [-0.2, -0.15) is 0 Å². The second-order valence-electron chi connectivity index (χ2n) is 8.57. The molecule has 3 atom stereocenters. The molecule has 1 N–H and O–H groups in total. The van der Waals surface area contributed by atoms with Crippen molar-refractivity contribution in [2.75, 3.05) is 13.1 Å². The standard InChI is InChI=1S/C19H36N2/c1-4-16-13-20-17(15-9-6-5-7-10-15)14-21(16)18-11-8-12-19(18,2)3/h15-18,20H,4-14H2,1-3H3. The van der Waals surface area contributed by atoms with Crippen LogP contribution in [-0.4, -0.2) is 36.1 Å². The quantitative estimate of drug-likeness (QED) is 0.839. The Morgan fingerprint density at radius 1 is 1.05 bits per heavy atom. The molecule has 2 aliphatic carbocycles. The number of piperazine rings is 1. The van der Waals surface area contributed by atoms with Gasteiger partial charge in [-0.15, -0.1) is 0 Å². The summed E-state index contributed by atoms with van der Waals surface area (Å²) in [5.74, 6) is 0.948. The Morgan fingerprint density at radius 2 is 1.81 bits per heavy atom. The summed E-state index contributed by atoms with van der Waals surface area (Å²) in [4.78, 5) is 2.93. The third-order valence-corrected chi connectivity index (χ3v) is 6.78. The number of nitrogens with one attached hydrogen (secondary N) is 1. The van der Waals surface area contributed by atoms with E-state index in [1.807, 2.05) is 0 Å². The van der Waals surface area contributed by atoms with Crippen LogP contribution >= 0.6 is 0 Å². The van der Waals surface area contributed by atoms with E-state index in [1.54, 1.807) is 0 Å². The Kier molecular flexibility index (Phi) is 4.95. The highest BCUT2D eigenvalue weighted by atomic mass is 15.3. The van der Waals surface area contributed by atoms with Crippen LogP contribution < -0.4 is 5.32 Å². The number of nitrogens with zero attached hydrogens (tertiary/aromatic N) is 1. The van der Waals surface area contributed by atoms with Gasteiger partial charge in [-0.05, 0) is 43.4 Å². The highest BCUT2D eigenvalue weighted by molar-refractivity contribution is 4.99. The van der Waals surface area contributed by atoms with E-state index >= 15 is 0 Å². The first-order valence-electron chi connectivity index (χ1n) is 9.61. The predicted octanol–water partition coefficient (Wildman–Crippen LogP) is 4.20. The lowest BCUT2D eigenvalue weighted by atomic mass is 9.80. The Bertz CT molecular complexity index is 332. The minimum Gasteiger partial charge on any atom is -0.311 e. The van der Waals surface area contributed by atoms with Gasteiger partial charge in [-0.25, -0.2) is 0 Å². The molecule has 0 amide bonds. The van der Waals surface area contributed by atoms with E-state index < -0.39 is 0 Å². The van der Waals surface area contributed by atoms with Gasteiger partial charge in [0.2, 0.25) is 0 Å². The maximum absolute atomic E-state index is 3.93. The molecule has 3 unspecified atom stereocenters. The monoisotopic (exact) mass is 292 g/mol. The number of rotatable bonds is 3. The predicted molar refractivity (Wildman–Crippen MR) is 90.6 cm³/mol. The fourth-order valence-corrected chi connectivity index (χ4v) is 5.38. The van der Waals surface area contributed by atoms with Crippen molar-refractivity contribution < 1.29 is 0 Å². The van der Waals surface area contributed by atoms with Crippen molar-refractivity contribution in [1.82, 2.24) is 10.2 Å². The summed E-state index contributed by atoms with van der Waals surface area (Å²) in [6.45, 7) is 9.94. The summed E-state index contributed by atoms with van der Waals surface area (Å²) < 4.78 is 0. The van der Waals surface area contributed by atoms with E-state index in [0.717, 1.165) is 24.0 Å². The topological polar surface area (TPSA) is 15.3 Å². The lowest BCUT2D eigenvalue weighted by Crippen LogP contribution is -2.62. The molecule has 0 aromatic carbocycles. The second kappa shape index (κ2) is 6.58. The van der Waals surface area contributed by atoms with E-state index in [9.17, 15) is 0 Å². The molecule has 0 radical (unpaired) electrons. The first-order chi connectivity index (χ1) is 10.1. The lowest BCUT2D eigenvalue weighted by Gasteiger charge is -2.49. The summed E-state index contributed by atoms with van der Waals surface area (Å²) in [6.07, 6.45) is 12.9. The molecular weight excluding hydrogens is 256 g/mol. The molecule has 21 heavy (non-hydrogen) atoms. The maximum atomic E-state index is 3.93. The summed E-state index contributed by atoms with van der Waals surface area (Å²) in [6, 6.07) is 2.37. The van der Waals surface area contributed by atoms with Crippen LogP contribution in [0.4, 0.5) is 0 Å². The van der Waals surface area contributed by atoms with Crippen LogP contribution in [0, 0.1) is 11.3 Å². The Labute approximate surface area is 132 Å². The molecule has 0 bridgehead atoms. The molecule has 2 saturated carbocycles. The Hall–Kier alpha value is -0.0800. The average molecular weight is 293 g/mol. The smallest absolute Gasteiger partial charge is 0.0224 e. The van der Waals surface area contributed by atoms with Crippen LogP contribution in [-0.2, 0) is 0 Å². The molecule has 2 heteroatoms. The van der Waals surface area contributed by atoms with Crippen molar-refractivity contribution in [1.29, 1.82) is 0 Å². The SMILES string of the molecule is CCC1CNC(C2CCCCC2)CN1C1CCCC1(C)C. The lowest BCUT2D eigenvalue weighted by molar-refractivity contribution is 0.0188. The van der Waals surface area contributed by atoms with Crippen molar-refractivity contribution >= 4 is 0 Å². The van der Waals surface area contributed by atoms with Gasteiger partial charge < -0.3 is 5.32 Å². The molecule has 0 aromatic heterocycles. The fraction of sp³-hybridized carbons (Fsp3) is 1.00. The van der Waals surface area contributed by atoms with Crippen LogP contribution in [0.5, 0.6) is 0 Å². The van der Waals surface area contributed by atoms with Crippen LogP contribution in [0.15, 0.2) is 0 Å². The first kappa shape index (κ1) is 15.8. The fourth-order valence-electron chi connectivity index (χ4n) is 5.38. The molecule has 122 valence electrons. The largest absolute Gasteiger partial charge is 0.311 e. The van der Waals surface area contributed by atoms with E-state index in [-0.39, 0.29) is 0 Å². The van der Waals surface area contributed by atoms with Gasteiger partial charge >= 0.3 is 0 Å². The zero-order valence-corrected chi connectivity index (χ0v) is 14.5. The maximum Gasteiger partial charge on any atom is 0.0224 e. The Balaban J connectivity index is 1.69. The summed E-state index contributed by atoms with van der Waals surface area (Å²) in [7, 11) is 0. The molecule has 3 rings (SSSR count). The van der Waals surface area contributed by atoms with E-state index in [0.29, 0.717) is 5.41 Å². The van der Waals surface area contributed by atoms with Crippen LogP contribution in [0.1, 0.15) is 78.6 Å². The number of hydrogen-bond acceptors (Lipinski definition) is 2. The molecule has 1 aliphatic heterocycles. The third kappa shape index (κ3) is 3.32. The van der Waals surface area contributed by atoms with Crippen molar-refractivity contribution in [3.63, 3.8) is 0 Å². The highest BCUT2D eigenvalue weighted by Gasteiger charge is 2.43. The molecule has 2 nitrogen and oxygen atoms in total. The molecule has 3 aliphatic rings. The van der Waals surface area contributed by atoms with Gasteiger partial charge in [0.1, 0.15) is 0 Å². The van der Waals surface area contributed by atoms with Crippen LogP contribution in [0.3, 0.4) is 0 Å². The molecule has 0 spiro atoms. The van der Waals surface area contributed by atoms with Crippen molar-refractivity contribution in [3.05, 3.63) is 0 Å². The number of hydrogen-bond donors (Lipinski definition) is 1. The summed E-state index contributed by atoms with van der Waals surface area (Å²) in [5, 5.41) is 3.93. The van der Waals surface area contributed by atoms with Gasteiger partial charge in [0, 0.05) is 31.2 Å². The van der Waals surface area contributed by atoms with Crippen molar-refractivity contribution in [2.45, 2.75) is 96.7 Å².